The molecule has 366 valence electrons. The van der Waals surface area contributed by atoms with Crippen molar-refractivity contribution in [3.05, 3.63) is 23.6 Å². The van der Waals surface area contributed by atoms with Gasteiger partial charge in [0.1, 0.15) is 6.10 Å². The molecule has 63 heavy (non-hydrogen) atoms. The second-order valence-corrected chi connectivity index (χ2v) is 18.6. The van der Waals surface area contributed by atoms with E-state index in [-0.39, 0.29) is 30.3 Å². The molecule has 0 aromatic carbocycles. The lowest BCUT2D eigenvalue weighted by molar-refractivity contribution is -0.837. The van der Waals surface area contributed by atoms with Gasteiger partial charge >= 0.3 is 18.1 Å². The molecule has 1 aliphatic heterocycles. The summed E-state index contributed by atoms with van der Waals surface area (Å²) in [7, 11) is 0. The van der Waals surface area contributed by atoms with E-state index in [2.05, 4.69) is 30.7 Å². The second kappa shape index (κ2) is 40.9. The number of carbonyl (C=O) groups excluding carboxylic acids is 2. The quantitative estimate of drug-likeness (QED) is 0.0359. The number of aryl methyl sites for hydroxylation is 1. The maximum Gasteiger partial charge on any atom is 0.315 e. The van der Waals surface area contributed by atoms with E-state index in [0.29, 0.717) is 45.6 Å². The number of aromatic nitrogens is 2. The third-order valence-electron chi connectivity index (χ3n) is 12.7. The minimum atomic E-state index is -0.387. The van der Waals surface area contributed by atoms with Crippen molar-refractivity contribution in [1.29, 1.82) is 0 Å². The molecule has 1 aromatic rings. The normalized spacial score (nSPS) is 15.4. The average Bonchev–Trinajstić information content (AvgIpc) is 3.96. The lowest BCUT2D eigenvalue weighted by Gasteiger charge is -2.18. The molecule has 1 fully saturated rings. The van der Waals surface area contributed by atoms with Crippen LogP contribution >= 0.6 is 0 Å². The summed E-state index contributed by atoms with van der Waals surface area (Å²) in [6, 6.07) is 0. The molecular formula is C52H97N4O7+. The molecule has 11 heteroatoms. The Morgan fingerprint density at radius 1 is 0.603 bits per heavy atom. The second-order valence-electron chi connectivity index (χ2n) is 18.6. The molecule has 2 rings (SSSR count). The Kier molecular flexibility index (Phi) is 36.8. The predicted octanol–water partition coefficient (Wildman–Crippen LogP) is 13.8. The van der Waals surface area contributed by atoms with Crippen molar-refractivity contribution in [1.82, 2.24) is 14.5 Å². The first kappa shape index (κ1) is 56.6. The molecule has 0 radical (unpaired) electrons. The van der Waals surface area contributed by atoms with Crippen LogP contribution in [0.25, 0.3) is 0 Å². The number of imidazole rings is 1. The molecule has 0 aliphatic carbocycles. The van der Waals surface area contributed by atoms with E-state index in [4.69, 9.17) is 19.0 Å². The zero-order valence-corrected chi connectivity index (χ0v) is 41.1. The number of rotatable bonds is 46. The van der Waals surface area contributed by atoms with Gasteiger partial charge in [-0.25, -0.2) is 14.7 Å². The highest BCUT2D eigenvalue weighted by Crippen LogP contribution is 2.24. The summed E-state index contributed by atoms with van der Waals surface area (Å²) < 4.78 is 19.8. The van der Waals surface area contributed by atoms with Crippen molar-refractivity contribution in [2.24, 2.45) is 0 Å². The lowest BCUT2D eigenvalue weighted by atomic mass is 10.0. The van der Waals surface area contributed by atoms with Crippen LogP contribution in [-0.4, -0.2) is 82.6 Å². The Bertz CT molecular complexity index is 1190. The van der Waals surface area contributed by atoms with Crippen LogP contribution in [0.4, 0.5) is 0 Å². The van der Waals surface area contributed by atoms with E-state index in [1.54, 1.807) is 6.20 Å². The van der Waals surface area contributed by atoms with Gasteiger partial charge in [-0.05, 0) is 70.6 Å². The van der Waals surface area contributed by atoms with Gasteiger partial charge in [-0.1, -0.05) is 156 Å². The molecule has 2 heterocycles. The highest BCUT2D eigenvalue weighted by molar-refractivity contribution is 5.69. The molecule has 2 atom stereocenters. The van der Waals surface area contributed by atoms with E-state index in [0.717, 1.165) is 114 Å². The molecule has 0 amide bonds. The fraction of sp³-hybridized carbons (Fsp3) is 0.904. The Hall–Kier alpha value is -2.53. The van der Waals surface area contributed by atoms with E-state index in [1.165, 1.54) is 109 Å². The van der Waals surface area contributed by atoms with Crippen LogP contribution in [0.5, 0.6) is 0 Å². The van der Waals surface area contributed by atoms with Crippen LogP contribution in [0, 0.1) is 4.91 Å². The smallest absolute Gasteiger partial charge is 0.315 e. The highest BCUT2D eigenvalue weighted by Gasteiger charge is 2.44. The van der Waals surface area contributed by atoms with E-state index in [1.807, 2.05) is 17.1 Å². The molecule has 0 saturated carbocycles. The molecule has 1 aromatic heterocycles. The number of unbranched alkanes of at least 4 members (excludes halogenated alkanes) is 24. The third-order valence-corrected chi connectivity index (χ3v) is 12.7. The number of ether oxygens (including phenoxy) is 3. The molecule has 1 saturated heterocycles. The van der Waals surface area contributed by atoms with Crippen molar-refractivity contribution >= 4 is 11.9 Å². The summed E-state index contributed by atoms with van der Waals surface area (Å²) in [5.74, 6) is -0.133. The molecule has 11 nitrogen and oxygen atoms in total. The number of nitrogens with zero attached hydrogens (tertiary/aromatic N) is 4. The topological polar surface area (TPSA) is 112 Å². The summed E-state index contributed by atoms with van der Waals surface area (Å²) in [5.41, 5.74) is 0. The van der Waals surface area contributed by atoms with Crippen molar-refractivity contribution in [2.45, 2.75) is 270 Å². The van der Waals surface area contributed by atoms with Gasteiger partial charge in [0, 0.05) is 51.5 Å². The van der Waals surface area contributed by atoms with Gasteiger partial charge in [-0.2, -0.15) is 0 Å². The van der Waals surface area contributed by atoms with Gasteiger partial charge in [0.2, 0.25) is 4.92 Å². The van der Waals surface area contributed by atoms with Crippen LogP contribution in [-0.2, 0) is 35.2 Å². The van der Waals surface area contributed by atoms with Gasteiger partial charge in [0.05, 0.1) is 30.4 Å². The highest BCUT2D eigenvalue weighted by atomic mass is 16.8. The molecule has 0 bridgehead atoms. The minimum Gasteiger partial charge on any atom is -0.466 e. The monoisotopic (exact) mass is 890 g/mol. The molecule has 0 spiro atoms. The van der Waals surface area contributed by atoms with Crippen LogP contribution in [0.1, 0.15) is 245 Å². The standard InChI is InChI=1S/C52H97N4O7/c1-4-7-10-13-16-17-18-23-31-42-61-51(57)36-29-25-30-40-55-46-49(60-43-33-39-54-41-38-53-47-54)45-50(55)56(59)62-44-32-24-19-22-28-37-52(58)63-48(34-26-20-14-11-8-5-2)35-27-21-15-12-9-6-3/h38,41,47-50H,4-37,39-40,42-46H2,1-3H3/q+1/t49?,50-/m1/s1. The number of esters is 2. The van der Waals surface area contributed by atoms with E-state index >= 15 is 0 Å². The number of hydrogen-bond donors (Lipinski definition) is 0. The summed E-state index contributed by atoms with van der Waals surface area (Å²) in [6.07, 6.45) is 43.2. The van der Waals surface area contributed by atoms with Crippen LogP contribution in [0.15, 0.2) is 18.7 Å². The molecular weight excluding hydrogens is 793 g/mol. The van der Waals surface area contributed by atoms with E-state index < -0.39 is 0 Å². The van der Waals surface area contributed by atoms with Gasteiger partial charge in [-0.3, -0.25) is 9.59 Å². The van der Waals surface area contributed by atoms with Crippen molar-refractivity contribution in [3.63, 3.8) is 0 Å². The fourth-order valence-corrected chi connectivity index (χ4v) is 8.72. The number of hydrogen-bond acceptors (Lipinski definition) is 9. The third kappa shape index (κ3) is 31.9. The largest absolute Gasteiger partial charge is 0.466 e. The molecule has 1 aliphatic rings. The molecule has 1 unspecified atom stereocenters. The van der Waals surface area contributed by atoms with Crippen molar-refractivity contribution in [3.8, 4) is 0 Å². The number of carbonyl (C=O) groups is 2. The summed E-state index contributed by atoms with van der Waals surface area (Å²) >= 11 is 0. The summed E-state index contributed by atoms with van der Waals surface area (Å²) in [4.78, 5) is 51.3. The Morgan fingerprint density at radius 3 is 1.71 bits per heavy atom. The summed E-state index contributed by atoms with van der Waals surface area (Å²) in [6.45, 7) is 10.6. The number of likely N-dealkylation sites (tertiary alicyclic amines) is 1. The van der Waals surface area contributed by atoms with Gasteiger partial charge in [-0.15, -0.1) is 0 Å². The zero-order chi connectivity index (χ0) is 45.3. The van der Waals surface area contributed by atoms with Crippen molar-refractivity contribution in [2.75, 3.05) is 32.9 Å². The first-order valence-electron chi connectivity index (χ1n) is 26.7. The van der Waals surface area contributed by atoms with E-state index in [9.17, 15) is 14.5 Å². The predicted molar refractivity (Wildman–Crippen MR) is 256 cm³/mol. The van der Waals surface area contributed by atoms with Gasteiger partial charge in [0.25, 0.3) is 0 Å². The average molecular weight is 890 g/mol. The Balaban J connectivity index is 1.64. The first-order chi connectivity index (χ1) is 31.0. The minimum absolute atomic E-state index is 0.0260. The first-order valence-corrected chi connectivity index (χ1v) is 26.7. The Labute approximate surface area is 385 Å². The fourth-order valence-electron chi connectivity index (χ4n) is 8.72. The van der Waals surface area contributed by atoms with Crippen LogP contribution in [0.3, 0.4) is 0 Å². The van der Waals surface area contributed by atoms with Crippen LogP contribution < -0.4 is 0 Å². The maximum atomic E-state index is 13.3. The van der Waals surface area contributed by atoms with Crippen LogP contribution in [0.2, 0.25) is 0 Å². The lowest BCUT2D eigenvalue weighted by Crippen LogP contribution is -2.38. The maximum absolute atomic E-state index is 13.3. The Morgan fingerprint density at radius 2 is 1.13 bits per heavy atom. The summed E-state index contributed by atoms with van der Waals surface area (Å²) in [5, 5.41) is 0. The molecule has 0 N–H and O–H groups in total. The SMILES string of the molecule is CCCCCCCCCCCOC(=O)CCCCCN1CC(OCCCn2ccnc2)C[C@H]1[N+](=O)OCCCCCCCC(=O)OC(CCCCCCCC)CCCCCCCC. The van der Waals surface area contributed by atoms with Crippen molar-refractivity contribution < 1.29 is 33.6 Å². The van der Waals surface area contributed by atoms with Gasteiger partial charge < -0.3 is 18.8 Å². The van der Waals surface area contributed by atoms with Gasteiger partial charge in [0.15, 0.2) is 6.61 Å². The zero-order valence-electron chi connectivity index (χ0n) is 41.1.